The Hall–Kier alpha value is -2.50. The highest BCUT2D eigenvalue weighted by Gasteiger charge is 2.08. The first kappa shape index (κ1) is 26.5. The minimum Gasteiger partial charge on any atom is -0.493 e. The number of nitriles is 1. The predicted molar refractivity (Wildman–Crippen MR) is 114 cm³/mol. The molecule has 29 heavy (non-hydrogen) atoms. The van der Waals surface area contributed by atoms with Gasteiger partial charge in [-0.2, -0.15) is 5.26 Å². The number of hydrogen-bond donors (Lipinski definition) is 1. The zero-order valence-electron chi connectivity index (χ0n) is 16.8. The Morgan fingerprint density at radius 2 is 1.66 bits per heavy atom. The second-order valence-corrected chi connectivity index (χ2v) is 5.99. The lowest BCUT2D eigenvalue weighted by Gasteiger charge is -2.21. The van der Waals surface area contributed by atoms with Crippen LogP contribution in [0.3, 0.4) is 0 Å². The minimum atomic E-state index is 0. The molecule has 0 fully saturated rings. The van der Waals surface area contributed by atoms with Crippen molar-refractivity contribution >= 4 is 12.4 Å². The number of aliphatic hydroxyl groups is 1. The largest absolute Gasteiger partial charge is 0.493 e. The van der Waals surface area contributed by atoms with Gasteiger partial charge in [-0.3, -0.25) is 4.90 Å². The van der Waals surface area contributed by atoms with Crippen molar-refractivity contribution in [3.8, 4) is 23.3 Å². The van der Waals surface area contributed by atoms with Crippen LogP contribution in [0, 0.1) is 11.3 Å². The Kier molecular flexibility index (Phi) is 13.2. The summed E-state index contributed by atoms with van der Waals surface area (Å²) in [6.45, 7) is 2.70. The molecule has 0 aliphatic carbocycles. The van der Waals surface area contributed by atoms with Gasteiger partial charge >= 0.3 is 0 Å². The fourth-order valence-electron chi connectivity index (χ4n) is 2.72. The van der Waals surface area contributed by atoms with E-state index in [-0.39, 0.29) is 24.5 Å². The third-order valence-electron chi connectivity index (χ3n) is 4.24. The van der Waals surface area contributed by atoms with Crippen molar-refractivity contribution in [2.24, 2.45) is 0 Å². The van der Waals surface area contributed by atoms with Crippen LogP contribution in [0.5, 0.6) is 17.2 Å². The van der Waals surface area contributed by atoms with Gasteiger partial charge in [-0.05, 0) is 48.4 Å². The molecule has 0 unspecified atom stereocenters. The molecule has 0 saturated carbocycles. The molecule has 0 aliphatic rings. The molecule has 2 aromatic carbocycles. The number of rotatable bonds is 11. The van der Waals surface area contributed by atoms with E-state index in [4.69, 9.17) is 19.5 Å². The van der Waals surface area contributed by atoms with E-state index in [1.54, 1.807) is 38.5 Å². The zero-order valence-corrected chi connectivity index (χ0v) is 17.6. The normalized spacial score (nSPS) is 9.76. The molecule has 0 amide bonds. The SMILES string of the molecule is COc1ccc(CCN(CCO)CCOc2ccc(C#N)cc2)cc1OC.Cl.O. The van der Waals surface area contributed by atoms with Gasteiger partial charge in [0.15, 0.2) is 11.5 Å². The van der Waals surface area contributed by atoms with Crippen LogP contribution >= 0.6 is 12.4 Å². The van der Waals surface area contributed by atoms with Crippen LogP contribution in [0.4, 0.5) is 0 Å². The van der Waals surface area contributed by atoms with E-state index in [0.29, 0.717) is 36.8 Å². The average molecular weight is 425 g/mol. The van der Waals surface area contributed by atoms with Gasteiger partial charge in [0.1, 0.15) is 12.4 Å². The minimum absolute atomic E-state index is 0. The molecule has 7 nitrogen and oxygen atoms in total. The van der Waals surface area contributed by atoms with E-state index in [0.717, 1.165) is 24.3 Å². The second-order valence-electron chi connectivity index (χ2n) is 5.99. The van der Waals surface area contributed by atoms with Gasteiger partial charge in [0.05, 0.1) is 32.5 Å². The summed E-state index contributed by atoms with van der Waals surface area (Å²) in [5, 5.41) is 18.1. The number of benzene rings is 2. The summed E-state index contributed by atoms with van der Waals surface area (Å²) in [6, 6.07) is 15.0. The zero-order chi connectivity index (χ0) is 19.5. The van der Waals surface area contributed by atoms with E-state index in [1.165, 1.54) is 0 Å². The molecule has 0 radical (unpaired) electrons. The summed E-state index contributed by atoms with van der Waals surface area (Å²) < 4.78 is 16.3. The van der Waals surface area contributed by atoms with Gasteiger partial charge < -0.3 is 24.8 Å². The van der Waals surface area contributed by atoms with Gasteiger partial charge in [-0.25, -0.2) is 0 Å². The van der Waals surface area contributed by atoms with Crippen LogP contribution in [0.1, 0.15) is 11.1 Å². The molecule has 160 valence electrons. The third-order valence-corrected chi connectivity index (χ3v) is 4.24. The van der Waals surface area contributed by atoms with Gasteiger partial charge in [-0.1, -0.05) is 6.07 Å². The summed E-state index contributed by atoms with van der Waals surface area (Å²) in [5.74, 6) is 2.16. The standard InChI is InChI=1S/C21H26N2O4.ClH.H2O/c1-25-20-8-5-17(15-21(20)26-2)9-10-23(11-13-24)12-14-27-19-6-3-18(16-22)4-7-19;;/h3-8,15,24H,9-14H2,1-2H3;1H;1H2. The molecule has 0 aliphatic heterocycles. The summed E-state index contributed by atoms with van der Waals surface area (Å²) in [6.07, 6.45) is 0.831. The highest BCUT2D eigenvalue weighted by molar-refractivity contribution is 5.85. The van der Waals surface area contributed by atoms with E-state index in [9.17, 15) is 5.11 Å². The maximum Gasteiger partial charge on any atom is 0.160 e. The van der Waals surface area contributed by atoms with Crippen molar-refractivity contribution in [2.75, 3.05) is 47.1 Å². The van der Waals surface area contributed by atoms with Crippen LogP contribution in [-0.2, 0) is 6.42 Å². The lowest BCUT2D eigenvalue weighted by atomic mass is 10.1. The number of halogens is 1. The Bertz CT molecular complexity index is 750. The number of hydrogen-bond acceptors (Lipinski definition) is 6. The maximum atomic E-state index is 9.31. The first-order chi connectivity index (χ1) is 13.2. The van der Waals surface area contributed by atoms with Crippen molar-refractivity contribution < 1.29 is 24.8 Å². The maximum absolute atomic E-state index is 9.31. The van der Waals surface area contributed by atoms with Gasteiger partial charge in [0.2, 0.25) is 0 Å². The fraction of sp³-hybridized carbons (Fsp3) is 0.381. The Morgan fingerprint density at radius 1 is 0.966 bits per heavy atom. The molecular weight excluding hydrogens is 396 g/mol. The van der Waals surface area contributed by atoms with Crippen molar-refractivity contribution in [3.63, 3.8) is 0 Å². The first-order valence-corrected chi connectivity index (χ1v) is 8.87. The lowest BCUT2D eigenvalue weighted by Crippen LogP contribution is -2.33. The molecule has 0 atom stereocenters. The van der Waals surface area contributed by atoms with E-state index in [2.05, 4.69) is 11.0 Å². The Labute approximate surface area is 178 Å². The number of nitrogens with zero attached hydrogens (tertiary/aromatic N) is 2. The van der Waals surface area contributed by atoms with Gasteiger partial charge in [0, 0.05) is 19.6 Å². The summed E-state index contributed by atoms with van der Waals surface area (Å²) >= 11 is 0. The highest BCUT2D eigenvalue weighted by Crippen LogP contribution is 2.27. The fourth-order valence-corrected chi connectivity index (χ4v) is 2.72. The molecule has 0 spiro atoms. The molecule has 8 heteroatoms. The molecule has 2 rings (SSSR count). The van der Waals surface area contributed by atoms with E-state index in [1.807, 2.05) is 18.2 Å². The Balaban J connectivity index is 0.00000392. The van der Waals surface area contributed by atoms with Crippen LogP contribution in [0.25, 0.3) is 0 Å². The summed E-state index contributed by atoms with van der Waals surface area (Å²) in [7, 11) is 3.24. The van der Waals surface area contributed by atoms with E-state index >= 15 is 0 Å². The Morgan fingerprint density at radius 3 is 2.24 bits per heavy atom. The molecule has 0 aromatic heterocycles. The first-order valence-electron chi connectivity index (χ1n) is 8.87. The smallest absolute Gasteiger partial charge is 0.160 e. The van der Waals surface area contributed by atoms with Crippen molar-refractivity contribution in [1.82, 2.24) is 4.90 Å². The molecule has 0 heterocycles. The van der Waals surface area contributed by atoms with Crippen molar-refractivity contribution in [2.45, 2.75) is 6.42 Å². The predicted octanol–water partition coefficient (Wildman–Crippen LogP) is 2.09. The van der Waals surface area contributed by atoms with Crippen molar-refractivity contribution in [3.05, 3.63) is 53.6 Å². The van der Waals surface area contributed by atoms with Crippen LogP contribution in [0.2, 0.25) is 0 Å². The quantitative estimate of drug-likeness (QED) is 0.591. The molecule has 2 aromatic rings. The van der Waals surface area contributed by atoms with E-state index < -0.39 is 0 Å². The number of methoxy groups -OCH3 is 2. The van der Waals surface area contributed by atoms with Crippen LogP contribution in [-0.4, -0.2) is 62.6 Å². The van der Waals surface area contributed by atoms with Gasteiger partial charge in [-0.15, -0.1) is 12.4 Å². The van der Waals surface area contributed by atoms with Crippen LogP contribution < -0.4 is 14.2 Å². The summed E-state index contributed by atoms with van der Waals surface area (Å²) in [5.41, 5.74) is 1.75. The summed E-state index contributed by atoms with van der Waals surface area (Å²) in [4.78, 5) is 2.15. The molecule has 0 saturated heterocycles. The average Bonchev–Trinajstić information content (AvgIpc) is 2.72. The number of aliphatic hydroxyl groups excluding tert-OH is 1. The van der Waals surface area contributed by atoms with Crippen LogP contribution in [0.15, 0.2) is 42.5 Å². The van der Waals surface area contributed by atoms with Crippen molar-refractivity contribution in [1.29, 1.82) is 5.26 Å². The third kappa shape index (κ3) is 8.59. The van der Waals surface area contributed by atoms with Gasteiger partial charge in [0.25, 0.3) is 0 Å². The molecule has 0 bridgehead atoms. The molecular formula is C21H29ClN2O5. The lowest BCUT2D eigenvalue weighted by molar-refractivity contribution is 0.169. The molecule has 3 N–H and O–H groups in total. The highest BCUT2D eigenvalue weighted by atomic mass is 35.5. The number of ether oxygens (including phenoxy) is 3. The second kappa shape index (κ2) is 14.5. The monoisotopic (exact) mass is 424 g/mol. The topological polar surface area (TPSA) is 106 Å².